The maximum Gasteiger partial charge on any atom is 0.233 e. The summed E-state index contributed by atoms with van der Waals surface area (Å²) in [5.74, 6) is 0.329. The van der Waals surface area contributed by atoms with Crippen molar-refractivity contribution < 1.29 is 18.7 Å². The molecular formula is C29H31FN4O3S. The first kappa shape index (κ1) is 27.3. The highest BCUT2D eigenvalue weighted by Gasteiger charge is 2.25. The standard InChI is InChI=1S/C29H31FN4O3S/c1-21(18-36-3)34-26(19-37-25-17-11-10-16-24(25)30)31-32-29(34)38-20-27(35)33(2)28(22-12-6-4-7-13-22)23-14-8-5-9-15-23/h4-17,21,28H,18-20H2,1-3H3. The minimum Gasteiger partial charge on any atom is -0.483 e. The number of carbonyl (C=O) groups is 1. The average molecular weight is 535 g/mol. The van der Waals surface area contributed by atoms with Crippen molar-refractivity contribution in [2.45, 2.75) is 30.8 Å². The second-order valence-corrected chi connectivity index (χ2v) is 9.75. The molecule has 38 heavy (non-hydrogen) atoms. The quantitative estimate of drug-likeness (QED) is 0.222. The molecule has 0 bridgehead atoms. The van der Waals surface area contributed by atoms with Crippen LogP contribution in [0, 0.1) is 5.82 Å². The Morgan fingerprint density at radius 2 is 1.58 bits per heavy atom. The number of halogens is 1. The minimum atomic E-state index is -0.446. The van der Waals surface area contributed by atoms with E-state index in [0.717, 1.165) is 11.1 Å². The molecule has 198 valence electrons. The number of hydrogen-bond acceptors (Lipinski definition) is 6. The fraction of sp³-hybridized carbons (Fsp3) is 0.276. The van der Waals surface area contributed by atoms with Crippen LogP contribution in [0.4, 0.5) is 4.39 Å². The van der Waals surface area contributed by atoms with Gasteiger partial charge in [0.2, 0.25) is 5.91 Å². The number of benzene rings is 3. The summed E-state index contributed by atoms with van der Waals surface area (Å²) in [6.07, 6.45) is 0. The van der Waals surface area contributed by atoms with Gasteiger partial charge in [0.1, 0.15) is 6.61 Å². The van der Waals surface area contributed by atoms with E-state index in [9.17, 15) is 9.18 Å². The smallest absolute Gasteiger partial charge is 0.233 e. The number of amides is 1. The Morgan fingerprint density at radius 3 is 2.18 bits per heavy atom. The van der Waals surface area contributed by atoms with Crippen molar-refractivity contribution >= 4 is 17.7 Å². The van der Waals surface area contributed by atoms with Gasteiger partial charge in [-0.3, -0.25) is 9.36 Å². The molecule has 1 aromatic heterocycles. The van der Waals surface area contributed by atoms with Crippen LogP contribution in [0.5, 0.6) is 5.75 Å². The van der Waals surface area contributed by atoms with Crippen molar-refractivity contribution in [1.29, 1.82) is 0 Å². The van der Waals surface area contributed by atoms with Crippen LogP contribution < -0.4 is 4.74 Å². The zero-order chi connectivity index (χ0) is 26.9. The van der Waals surface area contributed by atoms with Crippen LogP contribution in [-0.4, -0.2) is 52.1 Å². The first-order valence-electron chi connectivity index (χ1n) is 12.3. The van der Waals surface area contributed by atoms with Gasteiger partial charge in [-0.05, 0) is 30.2 Å². The van der Waals surface area contributed by atoms with Crippen LogP contribution >= 0.6 is 11.8 Å². The fourth-order valence-corrected chi connectivity index (χ4v) is 5.23. The van der Waals surface area contributed by atoms with Crippen LogP contribution in [0.25, 0.3) is 0 Å². The highest BCUT2D eigenvalue weighted by Crippen LogP contribution is 2.29. The van der Waals surface area contributed by atoms with Gasteiger partial charge in [-0.2, -0.15) is 0 Å². The molecule has 1 heterocycles. The molecule has 0 aliphatic carbocycles. The summed E-state index contributed by atoms with van der Waals surface area (Å²) in [7, 11) is 3.44. The molecule has 0 saturated heterocycles. The number of hydrogen-bond donors (Lipinski definition) is 0. The zero-order valence-electron chi connectivity index (χ0n) is 21.7. The number of methoxy groups -OCH3 is 1. The Morgan fingerprint density at radius 1 is 0.974 bits per heavy atom. The third kappa shape index (κ3) is 6.59. The number of aromatic nitrogens is 3. The molecule has 0 aliphatic heterocycles. The van der Waals surface area contributed by atoms with E-state index in [1.807, 2.05) is 79.2 Å². The Labute approximate surface area is 226 Å². The fourth-order valence-electron chi connectivity index (χ4n) is 4.25. The maximum absolute atomic E-state index is 14.0. The lowest BCUT2D eigenvalue weighted by Crippen LogP contribution is -2.33. The molecule has 0 fully saturated rings. The number of carbonyl (C=O) groups excluding carboxylic acids is 1. The van der Waals surface area contributed by atoms with Crippen molar-refractivity contribution in [3.63, 3.8) is 0 Å². The molecular weight excluding hydrogens is 503 g/mol. The molecule has 7 nitrogen and oxygen atoms in total. The molecule has 9 heteroatoms. The average Bonchev–Trinajstić information content (AvgIpc) is 3.35. The van der Waals surface area contributed by atoms with Gasteiger partial charge in [-0.15, -0.1) is 10.2 Å². The molecule has 3 aromatic carbocycles. The van der Waals surface area contributed by atoms with Gasteiger partial charge >= 0.3 is 0 Å². The summed E-state index contributed by atoms with van der Waals surface area (Å²) >= 11 is 1.30. The predicted molar refractivity (Wildman–Crippen MR) is 146 cm³/mol. The van der Waals surface area contributed by atoms with Gasteiger partial charge < -0.3 is 14.4 Å². The molecule has 0 N–H and O–H groups in total. The molecule has 1 atom stereocenters. The SMILES string of the molecule is COCC(C)n1c(COc2ccccc2F)nnc1SCC(=O)N(C)C(c1ccccc1)c1ccccc1. The summed E-state index contributed by atoms with van der Waals surface area (Å²) in [4.78, 5) is 15.2. The molecule has 4 rings (SSSR count). The number of rotatable bonds is 12. The first-order chi connectivity index (χ1) is 18.5. The highest BCUT2D eigenvalue weighted by atomic mass is 32.2. The lowest BCUT2D eigenvalue weighted by molar-refractivity contribution is -0.128. The van der Waals surface area contributed by atoms with E-state index in [1.165, 1.54) is 17.8 Å². The Kier molecular flexibility index (Phi) is 9.51. The maximum atomic E-state index is 14.0. The predicted octanol–water partition coefficient (Wildman–Crippen LogP) is 5.54. The number of nitrogens with zero attached hydrogens (tertiary/aromatic N) is 4. The molecule has 4 aromatic rings. The van der Waals surface area contributed by atoms with E-state index in [-0.39, 0.29) is 36.1 Å². The highest BCUT2D eigenvalue weighted by molar-refractivity contribution is 7.99. The molecule has 0 aliphatic rings. The van der Waals surface area contributed by atoms with Crippen LogP contribution in [-0.2, 0) is 16.1 Å². The van der Waals surface area contributed by atoms with E-state index in [0.29, 0.717) is 17.6 Å². The number of para-hydroxylation sites is 1. The second kappa shape index (κ2) is 13.2. The number of ether oxygens (including phenoxy) is 2. The monoisotopic (exact) mass is 534 g/mol. The molecule has 0 spiro atoms. The summed E-state index contributed by atoms with van der Waals surface area (Å²) in [6, 6.07) is 25.8. The van der Waals surface area contributed by atoms with E-state index < -0.39 is 5.82 Å². The van der Waals surface area contributed by atoms with E-state index in [2.05, 4.69) is 10.2 Å². The third-order valence-electron chi connectivity index (χ3n) is 6.11. The topological polar surface area (TPSA) is 69.5 Å². The van der Waals surface area contributed by atoms with Gasteiger partial charge in [0.15, 0.2) is 22.5 Å². The Balaban J connectivity index is 1.51. The van der Waals surface area contributed by atoms with Crippen molar-refractivity contribution in [3.05, 3.63) is 108 Å². The molecule has 0 saturated carbocycles. The largest absolute Gasteiger partial charge is 0.483 e. The van der Waals surface area contributed by atoms with Crippen LogP contribution in [0.1, 0.15) is 36.0 Å². The second-order valence-electron chi connectivity index (χ2n) is 8.81. The molecule has 1 unspecified atom stereocenters. The van der Waals surface area contributed by atoms with Crippen LogP contribution in [0.2, 0.25) is 0 Å². The van der Waals surface area contributed by atoms with Gasteiger partial charge in [0.25, 0.3) is 0 Å². The van der Waals surface area contributed by atoms with E-state index in [1.54, 1.807) is 30.2 Å². The van der Waals surface area contributed by atoms with Gasteiger partial charge in [-0.25, -0.2) is 4.39 Å². The van der Waals surface area contributed by atoms with Crippen molar-refractivity contribution in [2.75, 3.05) is 26.5 Å². The molecule has 1 amide bonds. The van der Waals surface area contributed by atoms with Crippen LogP contribution in [0.3, 0.4) is 0 Å². The summed E-state index contributed by atoms with van der Waals surface area (Å²) < 4.78 is 26.9. The zero-order valence-corrected chi connectivity index (χ0v) is 22.5. The van der Waals surface area contributed by atoms with Crippen molar-refractivity contribution in [1.82, 2.24) is 19.7 Å². The lowest BCUT2D eigenvalue weighted by atomic mass is 9.97. The summed E-state index contributed by atoms with van der Waals surface area (Å²) in [5, 5.41) is 9.17. The van der Waals surface area contributed by atoms with Gasteiger partial charge in [0.05, 0.1) is 24.4 Å². The van der Waals surface area contributed by atoms with Crippen molar-refractivity contribution in [2.24, 2.45) is 0 Å². The molecule has 0 radical (unpaired) electrons. The van der Waals surface area contributed by atoms with E-state index in [4.69, 9.17) is 9.47 Å². The lowest BCUT2D eigenvalue weighted by Gasteiger charge is -2.29. The number of thioether (sulfide) groups is 1. The minimum absolute atomic E-state index is 0.0283. The van der Waals surface area contributed by atoms with Crippen LogP contribution in [0.15, 0.2) is 90.1 Å². The third-order valence-corrected chi connectivity index (χ3v) is 7.04. The Bertz CT molecular complexity index is 1280. The first-order valence-corrected chi connectivity index (χ1v) is 13.3. The summed E-state index contributed by atoms with van der Waals surface area (Å²) in [5.41, 5.74) is 2.06. The summed E-state index contributed by atoms with van der Waals surface area (Å²) in [6.45, 7) is 2.41. The normalized spacial score (nSPS) is 11.9. The van der Waals surface area contributed by atoms with Crippen molar-refractivity contribution in [3.8, 4) is 5.75 Å². The van der Waals surface area contributed by atoms with E-state index >= 15 is 0 Å². The van der Waals surface area contributed by atoms with Gasteiger partial charge in [-0.1, -0.05) is 84.6 Å². The Hall–Kier alpha value is -3.69. The van der Waals surface area contributed by atoms with Gasteiger partial charge in [0, 0.05) is 14.2 Å².